The largest absolute Gasteiger partial charge is 0.381 e. The lowest BCUT2D eigenvalue weighted by atomic mass is 9.82. The molecule has 148 valence electrons. The second kappa shape index (κ2) is 8.41. The Bertz CT molecular complexity index is 829. The molecule has 3 heterocycles. The van der Waals surface area contributed by atoms with Crippen molar-refractivity contribution >= 4 is 17.2 Å². The van der Waals surface area contributed by atoms with Crippen LogP contribution in [0.4, 0.5) is 0 Å². The van der Waals surface area contributed by atoms with Gasteiger partial charge in [0.05, 0.1) is 23.9 Å². The number of nitrogens with zero attached hydrogens (tertiary/aromatic N) is 4. The second-order valence-corrected chi connectivity index (χ2v) is 8.49. The van der Waals surface area contributed by atoms with Gasteiger partial charge in [0.1, 0.15) is 5.69 Å². The Morgan fingerprint density at radius 3 is 2.82 bits per heavy atom. The summed E-state index contributed by atoms with van der Waals surface area (Å²) in [6.45, 7) is 1.09. The lowest BCUT2D eigenvalue weighted by Gasteiger charge is -2.31. The lowest BCUT2D eigenvalue weighted by molar-refractivity contribution is 0.0395. The fourth-order valence-electron chi connectivity index (χ4n) is 4.25. The normalized spacial score (nSPS) is 21.0. The van der Waals surface area contributed by atoms with Crippen LogP contribution in [0.5, 0.6) is 0 Å². The zero-order chi connectivity index (χ0) is 19.4. The smallest absolute Gasteiger partial charge is 0.252 e. The lowest BCUT2D eigenvalue weighted by Crippen LogP contribution is -2.39. The van der Waals surface area contributed by atoms with E-state index < -0.39 is 5.54 Å². The Hall–Kier alpha value is -2.24. The average Bonchev–Trinajstić information content (AvgIpc) is 3.45. The van der Waals surface area contributed by atoms with Crippen LogP contribution in [-0.2, 0) is 10.3 Å². The van der Waals surface area contributed by atoms with Crippen LogP contribution in [0.15, 0.2) is 23.0 Å². The number of nitriles is 1. The van der Waals surface area contributed by atoms with E-state index in [1.165, 1.54) is 30.6 Å². The van der Waals surface area contributed by atoms with Crippen molar-refractivity contribution in [3.63, 3.8) is 0 Å². The molecule has 4 rings (SSSR count). The van der Waals surface area contributed by atoms with Gasteiger partial charge in [-0.15, -0.1) is 5.10 Å². The maximum atomic E-state index is 12.7. The van der Waals surface area contributed by atoms with E-state index in [0.29, 0.717) is 37.5 Å². The number of aromatic nitrogens is 3. The molecule has 2 aliphatic rings. The molecule has 1 atom stereocenters. The van der Waals surface area contributed by atoms with Gasteiger partial charge in [0, 0.05) is 31.4 Å². The Morgan fingerprint density at radius 1 is 1.36 bits per heavy atom. The van der Waals surface area contributed by atoms with Crippen molar-refractivity contribution in [2.24, 2.45) is 5.92 Å². The molecule has 28 heavy (non-hydrogen) atoms. The number of amides is 1. The molecule has 2 fully saturated rings. The van der Waals surface area contributed by atoms with Crippen LogP contribution < -0.4 is 5.32 Å². The maximum Gasteiger partial charge on any atom is 0.252 e. The van der Waals surface area contributed by atoms with Crippen LogP contribution in [0.25, 0.3) is 0 Å². The molecule has 1 aliphatic heterocycles. The highest BCUT2D eigenvalue weighted by molar-refractivity contribution is 7.08. The summed E-state index contributed by atoms with van der Waals surface area (Å²) < 4.78 is 7.11. The third-order valence-electron chi connectivity index (χ3n) is 5.99. The van der Waals surface area contributed by atoms with Crippen LogP contribution in [0, 0.1) is 17.2 Å². The molecule has 1 unspecified atom stereocenters. The van der Waals surface area contributed by atoms with E-state index in [1.807, 2.05) is 23.0 Å². The van der Waals surface area contributed by atoms with E-state index in [1.54, 1.807) is 4.68 Å². The SMILES string of the molecule is N#CC1(n2cc(C(NC(=O)c3ccsc3)C3CCCCC3)nn2)CCOCC1. The van der Waals surface area contributed by atoms with Crippen molar-refractivity contribution in [3.8, 4) is 6.07 Å². The number of thiophene rings is 1. The van der Waals surface area contributed by atoms with Gasteiger partial charge in [-0.1, -0.05) is 24.5 Å². The first-order valence-corrected chi connectivity index (χ1v) is 10.9. The number of ether oxygens (including phenoxy) is 1. The van der Waals surface area contributed by atoms with Crippen LogP contribution in [0.2, 0.25) is 0 Å². The molecule has 0 aromatic carbocycles. The summed E-state index contributed by atoms with van der Waals surface area (Å²) in [5.41, 5.74) is 0.713. The summed E-state index contributed by atoms with van der Waals surface area (Å²) in [4.78, 5) is 12.7. The van der Waals surface area contributed by atoms with Crippen molar-refractivity contribution in [2.75, 3.05) is 13.2 Å². The Labute approximate surface area is 168 Å². The van der Waals surface area contributed by atoms with Crippen LogP contribution >= 0.6 is 11.3 Å². The fourth-order valence-corrected chi connectivity index (χ4v) is 4.88. The molecular formula is C20H25N5O2S. The van der Waals surface area contributed by atoms with Gasteiger partial charge in [0.25, 0.3) is 5.91 Å². The summed E-state index contributed by atoms with van der Waals surface area (Å²) >= 11 is 1.51. The zero-order valence-corrected chi connectivity index (χ0v) is 16.7. The molecule has 0 radical (unpaired) electrons. The maximum absolute atomic E-state index is 12.7. The summed E-state index contributed by atoms with van der Waals surface area (Å²) in [5, 5.41) is 25.5. The van der Waals surface area contributed by atoms with E-state index in [4.69, 9.17) is 4.74 Å². The van der Waals surface area contributed by atoms with Gasteiger partial charge >= 0.3 is 0 Å². The highest BCUT2D eigenvalue weighted by atomic mass is 32.1. The number of hydrogen-bond acceptors (Lipinski definition) is 6. The fraction of sp³-hybridized carbons (Fsp3) is 0.600. The zero-order valence-electron chi connectivity index (χ0n) is 15.8. The number of hydrogen-bond donors (Lipinski definition) is 1. The summed E-state index contributed by atoms with van der Waals surface area (Å²) in [7, 11) is 0. The molecule has 1 saturated heterocycles. The molecule has 1 aliphatic carbocycles. The molecular weight excluding hydrogens is 374 g/mol. The van der Waals surface area contributed by atoms with E-state index in [-0.39, 0.29) is 11.9 Å². The van der Waals surface area contributed by atoms with Gasteiger partial charge in [-0.05, 0) is 30.2 Å². The third-order valence-corrected chi connectivity index (χ3v) is 6.67. The first kappa shape index (κ1) is 19.1. The van der Waals surface area contributed by atoms with E-state index in [0.717, 1.165) is 18.5 Å². The second-order valence-electron chi connectivity index (χ2n) is 7.70. The van der Waals surface area contributed by atoms with Crippen molar-refractivity contribution in [1.82, 2.24) is 20.3 Å². The molecule has 8 heteroatoms. The van der Waals surface area contributed by atoms with Gasteiger partial charge in [0.15, 0.2) is 5.54 Å². The molecule has 1 N–H and O–H groups in total. The van der Waals surface area contributed by atoms with Crippen LogP contribution in [0.3, 0.4) is 0 Å². The van der Waals surface area contributed by atoms with Crippen molar-refractivity contribution in [2.45, 2.75) is 56.5 Å². The standard InChI is InChI=1S/C20H25N5O2S/c21-14-20(7-9-27-10-8-20)25-12-17(23-24-25)18(15-4-2-1-3-5-15)22-19(26)16-6-11-28-13-16/h6,11-13,15,18H,1-5,7-10H2,(H,22,26). The highest BCUT2D eigenvalue weighted by Crippen LogP contribution is 2.35. The minimum absolute atomic E-state index is 0.0764. The molecule has 0 spiro atoms. The summed E-state index contributed by atoms with van der Waals surface area (Å²) in [6, 6.07) is 4.07. The first-order valence-electron chi connectivity index (χ1n) is 9.97. The molecule has 1 amide bonds. The minimum atomic E-state index is -0.710. The van der Waals surface area contributed by atoms with Crippen molar-refractivity contribution < 1.29 is 9.53 Å². The predicted octanol–water partition coefficient (Wildman–Crippen LogP) is 3.42. The van der Waals surface area contributed by atoms with E-state index in [2.05, 4.69) is 21.7 Å². The van der Waals surface area contributed by atoms with Crippen LogP contribution in [-0.4, -0.2) is 34.1 Å². The number of nitrogens with one attached hydrogen (secondary N) is 1. The van der Waals surface area contributed by atoms with Gasteiger partial charge in [-0.2, -0.15) is 16.6 Å². The first-order chi connectivity index (χ1) is 13.7. The average molecular weight is 400 g/mol. The molecule has 7 nitrogen and oxygen atoms in total. The van der Waals surface area contributed by atoms with E-state index in [9.17, 15) is 10.1 Å². The minimum Gasteiger partial charge on any atom is -0.381 e. The molecule has 1 saturated carbocycles. The highest BCUT2D eigenvalue weighted by Gasteiger charge is 2.37. The van der Waals surface area contributed by atoms with Gasteiger partial charge in [0.2, 0.25) is 0 Å². The predicted molar refractivity (Wildman–Crippen MR) is 105 cm³/mol. The summed E-state index contributed by atoms with van der Waals surface area (Å²) in [5.74, 6) is 0.265. The molecule has 2 aromatic rings. The van der Waals surface area contributed by atoms with Crippen molar-refractivity contribution in [3.05, 3.63) is 34.3 Å². The quantitative estimate of drug-likeness (QED) is 0.831. The third kappa shape index (κ3) is 3.82. The van der Waals surface area contributed by atoms with Gasteiger partial charge < -0.3 is 10.1 Å². The Balaban J connectivity index is 1.60. The van der Waals surface area contributed by atoms with Gasteiger partial charge in [-0.3, -0.25) is 4.79 Å². The number of carbonyl (C=O) groups is 1. The monoisotopic (exact) mass is 399 g/mol. The topological polar surface area (TPSA) is 92.8 Å². The van der Waals surface area contributed by atoms with E-state index >= 15 is 0 Å². The van der Waals surface area contributed by atoms with Gasteiger partial charge in [-0.25, -0.2) is 4.68 Å². The van der Waals surface area contributed by atoms with Crippen molar-refractivity contribution in [1.29, 1.82) is 5.26 Å². The number of rotatable bonds is 5. The Kier molecular flexibility index (Phi) is 5.74. The molecule has 2 aromatic heterocycles. The van der Waals surface area contributed by atoms with Crippen LogP contribution in [0.1, 0.15) is 67.0 Å². The number of carbonyl (C=O) groups excluding carboxylic acids is 1. The summed E-state index contributed by atoms with van der Waals surface area (Å²) in [6.07, 6.45) is 8.78. The molecule has 0 bridgehead atoms. The Morgan fingerprint density at radius 2 is 2.14 bits per heavy atom.